The molecule has 0 heterocycles. The first-order valence-corrected chi connectivity index (χ1v) is 7.08. The van der Waals surface area contributed by atoms with Gasteiger partial charge in [-0.3, -0.25) is 4.79 Å². The third-order valence-electron chi connectivity index (χ3n) is 3.17. The summed E-state index contributed by atoms with van der Waals surface area (Å²) in [4.78, 5) is 11.7. The zero-order valence-corrected chi connectivity index (χ0v) is 15.9. The van der Waals surface area contributed by atoms with Gasteiger partial charge in [-0.1, -0.05) is 59.7 Å². The van der Waals surface area contributed by atoms with Crippen LogP contribution in [-0.2, 0) is 4.79 Å². The van der Waals surface area contributed by atoms with Gasteiger partial charge in [-0.05, 0) is 35.7 Å². The van der Waals surface area contributed by atoms with E-state index in [1.165, 1.54) is 0 Å². The van der Waals surface area contributed by atoms with Gasteiger partial charge in [-0.15, -0.1) is 0 Å². The molecule has 0 spiro atoms. The molecule has 1 unspecified atom stereocenters. The maximum absolute atomic E-state index is 11.0. The fourth-order valence-corrected chi connectivity index (χ4v) is 2.43. The molecule has 2 aromatic rings. The van der Waals surface area contributed by atoms with E-state index in [4.69, 9.17) is 34.7 Å². The number of nitrogens with two attached hydrogens (primary N) is 1. The van der Waals surface area contributed by atoms with Gasteiger partial charge in [-0.25, -0.2) is 0 Å². The van der Waals surface area contributed by atoms with Crippen LogP contribution in [-0.4, -0.2) is 15.9 Å². The normalized spacial score (nSPS) is 11.4. The molecule has 0 saturated heterocycles. The molecule has 3 N–H and O–H groups in total. The first-order chi connectivity index (χ1) is 9.90. The van der Waals surface area contributed by atoms with Gasteiger partial charge in [0.2, 0.25) is 0 Å². The van der Waals surface area contributed by atoms with Crippen molar-refractivity contribution in [2.75, 3.05) is 0 Å². The second-order valence-electron chi connectivity index (χ2n) is 4.75. The molecule has 0 aliphatic heterocycles. The molecule has 2 rings (SSSR count). The maximum atomic E-state index is 11.0. The summed E-state index contributed by atoms with van der Waals surface area (Å²) < 4.78 is 0. The first kappa shape index (κ1) is 19.3. The van der Waals surface area contributed by atoms with E-state index in [1.807, 2.05) is 31.2 Å². The zero-order valence-electron chi connectivity index (χ0n) is 13.3. The van der Waals surface area contributed by atoms with Gasteiger partial charge >= 0.3 is 35.5 Å². The molecule has 0 amide bonds. The van der Waals surface area contributed by atoms with Crippen molar-refractivity contribution in [3.63, 3.8) is 0 Å². The predicted octanol–water partition coefficient (Wildman–Crippen LogP) is 0.616. The zero-order chi connectivity index (χ0) is 15.6. The van der Waals surface area contributed by atoms with Crippen LogP contribution in [0.3, 0.4) is 0 Å². The molecule has 6 heteroatoms. The number of carbonyl (C=O) groups is 1. The van der Waals surface area contributed by atoms with E-state index in [1.54, 1.807) is 18.2 Å². The third-order valence-corrected chi connectivity index (χ3v) is 3.99. The van der Waals surface area contributed by atoms with Crippen molar-refractivity contribution in [1.29, 1.82) is 0 Å². The van der Waals surface area contributed by atoms with Gasteiger partial charge in [0.1, 0.15) is 6.04 Å². The Labute approximate surface area is 163 Å². The van der Waals surface area contributed by atoms with Crippen LogP contribution in [0.5, 0.6) is 0 Å². The molecule has 0 fully saturated rings. The number of aryl methyl sites for hydroxylation is 1. The van der Waals surface area contributed by atoms with Crippen molar-refractivity contribution in [3.05, 3.63) is 69.7 Å². The quantitative estimate of drug-likeness (QED) is 0.485. The topological polar surface area (TPSA) is 63.3 Å². The Morgan fingerprint density at radius 1 is 1.23 bits per heavy atom. The van der Waals surface area contributed by atoms with E-state index in [0.717, 1.165) is 16.7 Å². The molecule has 22 heavy (non-hydrogen) atoms. The minimum absolute atomic E-state index is 0. The van der Waals surface area contributed by atoms with Crippen LogP contribution in [0.2, 0.25) is 5.02 Å². The maximum Gasteiger partial charge on any atom is 1.00 e. The summed E-state index contributed by atoms with van der Waals surface area (Å²) in [6, 6.07) is 11.7. The Balaban J connectivity index is 0.00000242. The summed E-state index contributed by atoms with van der Waals surface area (Å²) in [6.07, 6.45) is 0. The molecule has 0 aromatic heterocycles. The molecule has 0 radical (unpaired) electrons. The largest absolute Gasteiger partial charge is 1.00 e. The number of halogens is 1. The van der Waals surface area contributed by atoms with Crippen LogP contribution in [0.15, 0.2) is 42.5 Å². The standard InChI is InChI=1S/C16H14ClNO2S.Na.H/c1-9-2-4-10(5-3-9)15(21)11-6-7-13(17)12(8-11)14(18)16(19)20;;/h2-8,14H,18H2,1H3,(H,19,20);;/q;+1;-1. The number of thiocarbonyl (C=S) groups is 1. The van der Waals surface area contributed by atoms with Crippen LogP contribution in [0.1, 0.15) is 29.7 Å². The molecule has 0 bridgehead atoms. The van der Waals surface area contributed by atoms with Crippen molar-refractivity contribution >= 4 is 34.7 Å². The van der Waals surface area contributed by atoms with Crippen molar-refractivity contribution in [3.8, 4) is 0 Å². The average molecular weight is 344 g/mol. The van der Waals surface area contributed by atoms with Gasteiger partial charge in [-0.2, -0.15) is 0 Å². The van der Waals surface area contributed by atoms with Crippen LogP contribution in [0.25, 0.3) is 0 Å². The van der Waals surface area contributed by atoms with E-state index in [0.29, 0.717) is 15.5 Å². The molecule has 1 atom stereocenters. The van der Waals surface area contributed by atoms with Gasteiger partial charge in [0.05, 0.1) is 4.86 Å². The molecule has 0 aliphatic rings. The number of carboxylic acid groups (broad SMARTS) is 1. The Morgan fingerprint density at radius 3 is 2.32 bits per heavy atom. The summed E-state index contributed by atoms with van der Waals surface area (Å²) in [5, 5.41) is 9.34. The molecule has 0 saturated carbocycles. The summed E-state index contributed by atoms with van der Waals surface area (Å²) in [5.74, 6) is -1.13. The number of hydrogen-bond acceptors (Lipinski definition) is 3. The Kier molecular flexibility index (Phi) is 7.19. The van der Waals surface area contributed by atoms with Crippen molar-refractivity contribution < 1.29 is 40.9 Å². The van der Waals surface area contributed by atoms with E-state index < -0.39 is 12.0 Å². The van der Waals surface area contributed by atoms with E-state index in [-0.39, 0.29) is 31.0 Å². The molecule has 2 aromatic carbocycles. The van der Waals surface area contributed by atoms with Crippen molar-refractivity contribution in [2.24, 2.45) is 5.73 Å². The average Bonchev–Trinajstić information content (AvgIpc) is 2.47. The summed E-state index contributed by atoms with van der Waals surface area (Å²) in [5.41, 5.74) is 8.76. The number of carboxylic acids is 1. The monoisotopic (exact) mass is 343 g/mol. The van der Waals surface area contributed by atoms with Crippen LogP contribution >= 0.6 is 23.8 Å². The fraction of sp³-hybridized carbons (Fsp3) is 0.125. The first-order valence-electron chi connectivity index (χ1n) is 6.29. The molecule has 3 nitrogen and oxygen atoms in total. The van der Waals surface area contributed by atoms with Crippen LogP contribution in [0.4, 0.5) is 0 Å². The SMILES string of the molecule is Cc1ccc(C(=S)c2ccc(Cl)c(C(N)C(=O)O)c2)cc1.[H-].[Na+]. The smallest absolute Gasteiger partial charge is 1.00 e. The third kappa shape index (κ3) is 4.38. The molecule has 0 aliphatic carbocycles. The van der Waals surface area contributed by atoms with Crippen molar-refractivity contribution in [2.45, 2.75) is 13.0 Å². The Morgan fingerprint density at radius 2 is 1.77 bits per heavy atom. The summed E-state index contributed by atoms with van der Waals surface area (Å²) >= 11 is 11.5. The summed E-state index contributed by atoms with van der Waals surface area (Å²) in [7, 11) is 0. The Hall–Kier alpha value is -0.750. The van der Waals surface area contributed by atoms with Gasteiger partial charge in [0, 0.05) is 5.02 Å². The van der Waals surface area contributed by atoms with E-state index in [2.05, 4.69) is 0 Å². The second kappa shape index (κ2) is 8.20. The number of benzene rings is 2. The van der Waals surface area contributed by atoms with E-state index >= 15 is 0 Å². The number of aliphatic carboxylic acids is 1. The molecular formula is C16H15ClNNaO2S. The minimum atomic E-state index is -1.17. The Bertz CT molecular complexity index is 710. The van der Waals surface area contributed by atoms with Crippen molar-refractivity contribution in [1.82, 2.24) is 0 Å². The number of rotatable bonds is 4. The fourth-order valence-electron chi connectivity index (χ4n) is 1.93. The van der Waals surface area contributed by atoms with Crippen LogP contribution < -0.4 is 35.3 Å². The minimum Gasteiger partial charge on any atom is -1.00 e. The van der Waals surface area contributed by atoms with E-state index in [9.17, 15) is 4.79 Å². The van der Waals surface area contributed by atoms with Gasteiger partial charge in [0.15, 0.2) is 0 Å². The van der Waals surface area contributed by atoms with Gasteiger partial charge in [0.25, 0.3) is 0 Å². The summed E-state index contributed by atoms with van der Waals surface area (Å²) in [6.45, 7) is 2.00. The van der Waals surface area contributed by atoms with Gasteiger partial charge < -0.3 is 12.3 Å². The predicted molar refractivity (Wildman–Crippen MR) is 89.1 cm³/mol. The molecule has 110 valence electrons. The number of hydrogen-bond donors (Lipinski definition) is 2. The molecular weight excluding hydrogens is 329 g/mol. The second-order valence-corrected chi connectivity index (χ2v) is 5.56. The van der Waals surface area contributed by atoms with Crippen LogP contribution in [0, 0.1) is 6.92 Å².